The standard InChI is InChI=1S/C37H63NO2/c1-25(2)9-8-10-28(5)32-13-14-33-31-12-11-29-22-30(15-18-36(29,6)34(31)16-19-37(32,33)7)40-35(39)17-20-38-23-26(3)21-27(4)24-38/h11,25-28,30-34H,8-10,12-24H2,1-7H3/t26-,27-,28+,30-,31+,32+,33-,34-,36-,37+/m1/s1. The Hall–Kier alpha value is -0.830. The number of ether oxygens (including phenoxy) is 1. The number of rotatable bonds is 9. The minimum absolute atomic E-state index is 0.0294. The van der Waals surface area contributed by atoms with Gasteiger partial charge in [-0.1, -0.05) is 79.4 Å². The minimum Gasteiger partial charge on any atom is -0.462 e. The van der Waals surface area contributed by atoms with E-state index in [4.69, 9.17) is 4.74 Å². The van der Waals surface area contributed by atoms with Gasteiger partial charge in [-0.25, -0.2) is 0 Å². The molecule has 4 fully saturated rings. The van der Waals surface area contributed by atoms with E-state index in [2.05, 4.69) is 59.4 Å². The molecule has 4 aliphatic carbocycles. The van der Waals surface area contributed by atoms with Gasteiger partial charge in [-0.15, -0.1) is 0 Å². The minimum atomic E-state index is 0.0294. The van der Waals surface area contributed by atoms with E-state index in [0.717, 1.165) is 79.8 Å². The van der Waals surface area contributed by atoms with Crippen molar-refractivity contribution in [2.45, 2.75) is 138 Å². The van der Waals surface area contributed by atoms with Gasteiger partial charge >= 0.3 is 5.97 Å². The first-order chi connectivity index (χ1) is 19.0. The van der Waals surface area contributed by atoms with E-state index >= 15 is 0 Å². The summed E-state index contributed by atoms with van der Waals surface area (Å²) in [6.45, 7) is 20.4. The SMILES string of the molecule is CC(C)CCC[C@H](C)[C@@H]1CC[C@@H]2[C@@H]3CC=C4C[C@H](OC(=O)CCN5C[C@H](C)C[C@@H](C)C5)CC[C@@]4(C)[C@@H]3CC[C@]21C. The number of carbonyl (C=O) groups is 1. The number of likely N-dealkylation sites (tertiary alicyclic amines) is 1. The van der Waals surface area contributed by atoms with Gasteiger partial charge in [0.05, 0.1) is 6.42 Å². The molecule has 0 amide bonds. The van der Waals surface area contributed by atoms with Crippen LogP contribution in [0, 0.1) is 58.2 Å². The normalized spacial score (nSPS) is 42.5. The Morgan fingerprint density at radius 3 is 2.48 bits per heavy atom. The van der Waals surface area contributed by atoms with Crippen molar-refractivity contribution in [3.63, 3.8) is 0 Å². The first-order valence-electron chi connectivity index (χ1n) is 17.6. The molecule has 40 heavy (non-hydrogen) atoms. The molecule has 1 aliphatic heterocycles. The maximum atomic E-state index is 12.9. The van der Waals surface area contributed by atoms with Crippen LogP contribution in [0.5, 0.6) is 0 Å². The predicted molar refractivity (Wildman–Crippen MR) is 167 cm³/mol. The third-order valence-electron chi connectivity index (χ3n) is 13.1. The highest BCUT2D eigenvalue weighted by Crippen LogP contribution is 2.67. The van der Waals surface area contributed by atoms with E-state index in [0.29, 0.717) is 17.3 Å². The molecule has 10 atom stereocenters. The van der Waals surface area contributed by atoms with Crippen LogP contribution in [-0.4, -0.2) is 36.6 Å². The molecular formula is C37H63NO2. The van der Waals surface area contributed by atoms with Crippen LogP contribution in [0.15, 0.2) is 11.6 Å². The van der Waals surface area contributed by atoms with Crippen molar-refractivity contribution in [3.8, 4) is 0 Å². The van der Waals surface area contributed by atoms with Gasteiger partial charge in [0.1, 0.15) is 6.10 Å². The molecular weight excluding hydrogens is 490 g/mol. The zero-order valence-electron chi connectivity index (χ0n) is 27.4. The van der Waals surface area contributed by atoms with Crippen LogP contribution >= 0.6 is 0 Å². The lowest BCUT2D eigenvalue weighted by Crippen LogP contribution is -2.51. The molecule has 0 N–H and O–H groups in total. The van der Waals surface area contributed by atoms with Crippen molar-refractivity contribution >= 4 is 5.97 Å². The number of nitrogens with zero attached hydrogens (tertiary/aromatic N) is 1. The van der Waals surface area contributed by atoms with Crippen molar-refractivity contribution < 1.29 is 9.53 Å². The van der Waals surface area contributed by atoms with Gasteiger partial charge in [-0.3, -0.25) is 4.79 Å². The van der Waals surface area contributed by atoms with Crippen LogP contribution in [0.1, 0.15) is 132 Å². The molecule has 3 saturated carbocycles. The summed E-state index contributed by atoms with van der Waals surface area (Å²) in [7, 11) is 0. The van der Waals surface area contributed by atoms with E-state index in [1.807, 2.05) is 0 Å². The fourth-order valence-corrected chi connectivity index (χ4v) is 11.2. The number of carbonyl (C=O) groups excluding carboxylic acids is 1. The van der Waals surface area contributed by atoms with Gasteiger partial charge in [0, 0.05) is 26.1 Å². The Balaban J connectivity index is 1.16. The molecule has 0 spiro atoms. The van der Waals surface area contributed by atoms with Crippen molar-refractivity contribution in [3.05, 3.63) is 11.6 Å². The summed E-state index contributed by atoms with van der Waals surface area (Å²) in [5.74, 6) is 6.76. The molecule has 228 valence electrons. The molecule has 5 aliphatic rings. The van der Waals surface area contributed by atoms with Crippen LogP contribution in [0.3, 0.4) is 0 Å². The topological polar surface area (TPSA) is 29.5 Å². The van der Waals surface area contributed by atoms with Gasteiger partial charge in [-0.05, 0) is 110 Å². The molecule has 1 heterocycles. The Morgan fingerprint density at radius 1 is 1.00 bits per heavy atom. The quantitative estimate of drug-likeness (QED) is 0.210. The third-order valence-corrected chi connectivity index (χ3v) is 13.1. The van der Waals surface area contributed by atoms with Crippen LogP contribution < -0.4 is 0 Å². The summed E-state index contributed by atoms with van der Waals surface area (Å²) < 4.78 is 6.13. The van der Waals surface area contributed by atoms with E-state index in [1.165, 1.54) is 64.2 Å². The average Bonchev–Trinajstić information content (AvgIpc) is 3.24. The van der Waals surface area contributed by atoms with Crippen molar-refractivity contribution in [1.29, 1.82) is 0 Å². The second-order valence-corrected chi connectivity index (χ2v) is 16.6. The number of fused-ring (bicyclic) bond motifs is 5. The van der Waals surface area contributed by atoms with E-state index < -0.39 is 0 Å². The number of hydrogen-bond acceptors (Lipinski definition) is 3. The van der Waals surface area contributed by atoms with Gasteiger partial charge in [0.2, 0.25) is 0 Å². The van der Waals surface area contributed by atoms with E-state index in [1.54, 1.807) is 5.57 Å². The Kier molecular flexibility index (Phi) is 9.51. The molecule has 5 rings (SSSR count). The Morgan fingerprint density at radius 2 is 1.75 bits per heavy atom. The highest BCUT2D eigenvalue weighted by molar-refractivity contribution is 5.69. The van der Waals surface area contributed by atoms with Crippen LogP contribution in [0.4, 0.5) is 0 Å². The molecule has 0 aromatic heterocycles. The van der Waals surface area contributed by atoms with Crippen LogP contribution in [0.2, 0.25) is 0 Å². The van der Waals surface area contributed by atoms with Gasteiger partial charge in [-0.2, -0.15) is 0 Å². The summed E-state index contributed by atoms with van der Waals surface area (Å²) in [6, 6.07) is 0. The smallest absolute Gasteiger partial charge is 0.307 e. The lowest BCUT2D eigenvalue weighted by Gasteiger charge is -2.58. The largest absolute Gasteiger partial charge is 0.462 e. The zero-order chi connectivity index (χ0) is 28.7. The number of piperidine rings is 1. The molecule has 1 saturated heterocycles. The summed E-state index contributed by atoms with van der Waals surface area (Å²) in [5.41, 5.74) is 2.52. The lowest BCUT2D eigenvalue weighted by molar-refractivity contribution is -0.152. The van der Waals surface area contributed by atoms with E-state index in [9.17, 15) is 4.79 Å². The van der Waals surface area contributed by atoms with Crippen molar-refractivity contribution in [1.82, 2.24) is 4.90 Å². The average molecular weight is 554 g/mol. The number of hydrogen-bond donors (Lipinski definition) is 0. The maximum absolute atomic E-state index is 12.9. The Bertz CT molecular complexity index is 900. The summed E-state index contributed by atoms with van der Waals surface area (Å²) >= 11 is 0. The van der Waals surface area contributed by atoms with Crippen molar-refractivity contribution in [2.75, 3.05) is 19.6 Å². The fourth-order valence-electron chi connectivity index (χ4n) is 11.2. The molecule has 0 aromatic carbocycles. The molecule has 0 bridgehead atoms. The fraction of sp³-hybridized carbons (Fsp3) is 0.919. The monoisotopic (exact) mass is 553 g/mol. The second kappa shape index (κ2) is 12.4. The van der Waals surface area contributed by atoms with Crippen LogP contribution in [0.25, 0.3) is 0 Å². The Labute approximate surface area is 247 Å². The maximum Gasteiger partial charge on any atom is 0.307 e. The zero-order valence-corrected chi connectivity index (χ0v) is 27.4. The molecule has 0 unspecified atom stereocenters. The third kappa shape index (κ3) is 6.26. The highest BCUT2D eigenvalue weighted by atomic mass is 16.5. The van der Waals surface area contributed by atoms with Crippen molar-refractivity contribution in [2.24, 2.45) is 58.2 Å². The van der Waals surface area contributed by atoms with Crippen LogP contribution in [-0.2, 0) is 9.53 Å². The number of esters is 1. The second-order valence-electron chi connectivity index (χ2n) is 16.6. The summed E-state index contributed by atoms with van der Waals surface area (Å²) in [6.07, 6.45) is 19.1. The van der Waals surface area contributed by atoms with Gasteiger partial charge < -0.3 is 9.64 Å². The summed E-state index contributed by atoms with van der Waals surface area (Å²) in [5, 5.41) is 0. The molecule has 0 aromatic rings. The predicted octanol–water partition coefficient (Wildman–Crippen LogP) is 9.31. The first kappa shape index (κ1) is 30.6. The highest BCUT2D eigenvalue weighted by Gasteiger charge is 2.59. The van der Waals surface area contributed by atoms with E-state index in [-0.39, 0.29) is 12.1 Å². The van der Waals surface area contributed by atoms with Gasteiger partial charge in [0.25, 0.3) is 0 Å². The number of allylic oxidation sites excluding steroid dienone is 1. The van der Waals surface area contributed by atoms with Gasteiger partial charge in [0.15, 0.2) is 0 Å². The lowest BCUT2D eigenvalue weighted by atomic mass is 9.47. The summed E-state index contributed by atoms with van der Waals surface area (Å²) in [4.78, 5) is 15.3. The molecule has 3 nitrogen and oxygen atoms in total. The molecule has 3 heteroatoms. The molecule has 0 radical (unpaired) electrons. The first-order valence-corrected chi connectivity index (χ1v) is 17.6.